The number of hydrogen-bond donors (Lipinski definition) is 1. The molecule has 0 spiro atoms. The molecule has 1 aromatic carbocycles. The van der Waals surface area contributed by atoms with Crippen LogP contribution in [0.25, 0.3) is 0 Å². The number of aliphatic hydroxyl groups is 1. The van der Waals surface area contributed by atoms with Crippen molar-refractivity contribution >= 4 is 14.0 Å². The van der Waals surface area contributed by atoms with Crippen LogP contribution in [0.3, 0.4) is 0 Å². The van der Waals surface area contributed by atoms with E-state index in [2.05, 4.69) is 38.2 Å². The standard InChI is InChI=1S/C28H48O4Si/c1-6-7-19-33(4,5)26-14-11-23(12-15-26)24-13-16-27(31-18-10-8-9-17-29)25(20-24)21-32-28(30)22(2)3/h13,16,20,22-23,26,29H,6-12,14-15,17-19,21H2,1-5H3. The molecule has 0 aromatic heterocycles. The van der Waals surface area contributed by atoms with Crippen molar-refractivity contribution in [2.45, 2.75) is 116 Å². The minimum atomic E-state index is -1.13. The summed E-state index contributed by atoms with van der Waals surface area (Å²) in [6.45, 7) is 12.3. The maximum absolute atomic E-state index is 12.1. The molecule has 188 valence electrons. The third-order valence-corrected chi connectivity index (χ3v) is 11.9. The van der Waals surface area contributed by atoms with Crippen LogP contribution in [0.1, 0.15) is 95.6 Å². The van der Waals surface area contributed by atoms with Gasteiger partial charge in [-0.2, -0.15) is 0 Å². The van der Waals surface area contributed by atoms with Crippen molar-refractivity contribution in [3.8, 4) is 5.75 Å². The first-order chi connectivity index (χ1) is 15.8. The van der Waals surface area contributed by atoms with E-state index >= 15 is 0 Å². The lowest BCUT2D eigenvalue weighted by Crippen LogP contribution is -2.34. The van der Waals surface area contributed by atoms with Gasteiger partial charge in [0, 0.05) is 12.2 Å². The van der Waals surface area contributed by atoms with E-state index in [0.29, 0.717) is 12.5 Å². The largest absolute Gasteiger partial charge is 0.493 e. The highest BCUT2D eigenvalue weighted by Gasteiger charge is 2.34. The number of rotatable bonds is 14. The summed E-state index contributed by atoms with van der Waals surface area (Å²) < 4.78 is 11.6. The highest BCUT2D eigenvalue weighted by atomic mass is 28.3. The van der Waals surface area contributed by atoms with Crippen LogP contribution in [0.4, 0.5) is 0 Å². The van der Waals surface area contributed by atoms with Gasteiger partial charge in [0.1, 0.15) is 12.4 Å². The first kappa shape index (κ1) is 27.9. The molecule has 1 N–H and O–H groups in total. The molecule has 5 heteroatoms. The van der Waals surface area contributed by atoms with Gasteiger partial charge < -0.3 is 14.6 Å². The van der Waals surface area contributed by atoms with E-state index < -0.39 is 8.07 Å². The lowest BCUT2D eigenvalue weighted by atomic mass is 9.83. The van der Waals surface area contributed by atoms with Gasteiger partial charge in [0.15, 0.2) is 0 Å². The number of esters is 1. The average Bonchev–Trinajstić information content (AvgIpc) is 2.81. The third kappa shape index (κ3) is 9.09. The van der Waals surface area contributed by atoms with Crippen molar-refractivity contribution in [2.24, 2.45) is 5.92 Å². The summed E-state index contributed by atoms with van der Waals surface area (Å²) in [6.07, 6.45) is 10.6. The fraction of sp³-hybridized carbons (Fsp3) is 0.750. The molecule has 0 unspecified atom stereocenters. The first-order valence-corrected chi connectivity index (χ1v) is 16.6. The zero-order valence-electron chi connectivity index (χ0n) is 21.8. The van der Waals surface area contributed by atoms with Crippen LogP contribution >= 0.6 is 0 Å². The molecule has 0 radical (unpaired) electrons. The predicted molar refractivity (Wildman–Crippen MR) is 140 cm³/mol. The summed E-state index contributed by atoms with van der Waals surface area (Å²) in [5, 5.41) is 8.96. The molecule has 0 heterocycles. The maximum Gasteiger partial charge on any atom is 0.308 e. The van der Waals surface area contributed by atoms with Gasteiger partial charge in [0.2, 0.25) is 0 Å². The number of aliphatic hydroxyl groups excluding tert-OH is 1. The molecular weight excluding hydrogens is 428 g/mol. The van der Waals surface area contributed by atoms with Crippen LogP contribution in [-0.4, -0.2) is 32.4 Å². The lowest BCUT2D eigenvalue weighted by Gasteiger charge is -2.38. The smallest absolute Gasteiger partial charge is 0.308 e. The molecule has 33 heavy (non-hydrogen) atoms. The van der Waals surface area contributed by atoms with E-state index in [4.69, 9.17) is 14.6 Å². The Hall–Kier alpha value is -1.33. The van der Waals surface area contributed by atoms with Gasteiger partial charge in [0.25, 0.3) is 0 Å². The van der Waals surface area contributed by atoms with Crippen molar-refractivity contribution in [2.75, 3.05) is 13.2 Å². The number of carbonyl (C=O) groups excluding carboxylic acids is 1. The van der Waals surface area contributed by atoms with Gasteiger partial charge in [-0.3, -0.25) is 4.79 Å². The van der Waals surface area contributed by atoms with Crippen LogP contribution in [-0.2, 0) is 16.1 Å². The zero-order valence-corrected chi connectivity index (χ0v) is 22.8. The predicted octanol–water partition coefficient (Wildman–Crippen LogP) is 7.46. The number of carbonyl (C=O) groups is 1. The Bertz CT molecular complexity index is 708. The number of ether oxygens (including phenoxy) is 2. The van der Waals surface area contributed by atoms with E-state index in [0.717, 1.165) is 36.1 Å². The molecule has 1 saturated carbocycles. The van der Waals surface area contributed by atoms with Crippen molar-refractivity contribution in [1.29, 1.82) is 0 Å². The fourth-order valence-corrected chi connectivity index (χ4v) is 8.61. The Labute approximate surface area is 203 Å². The Morgan fingerprint density at radius 3 is 2.45 bits per heavy atom. The second kappa shape index (κ2) is 14.2. The van der Waals surface area contributed by atoms with E-state index in [-0.39, 0.29) is 25.1 Å². The van der Waals surface area contributed by atoms with Gasteiger partial charge in [-0.25, -0.2) is 0 Å². The number of hydrogen-bond acceptors (Lipinski definition) is 4. The highest BCUT2D eigenvalue weighted by molar-refractivity contribution is 6.78. The van der Waals surface area contributed by atoms with Gasteiger partial charge in [0.05, 0.1) is 20.6 Å². The molecule has 1 aromatic rings. The molecular formula is C28H48O4Si. The Balaban J connectivity index is 2.04. The van der Waals surface area contributed by atoms with E-state index in [1.807, 2.05) is 13.8 Å². The summed E-state index contributed by atoms with van der Waals surface area (Å²) in [5.41, 5.74) is 3.29. The second-order valence-corrected chi connectivity index (χ2v) is 16.2. The van der Waals surface area contributed by atoms with Crippen molar-refractivity contribution < 1.29 is 19.4 Å². The normalized spacial score (nSPS) is 19.0. The second-order valence-electron chi connectivity index (χ2n) is 10.9. The maximum atomic E-state index is 12.1. The van der Waals surface area contributed by atoms with Crippen molar-refractivity contribution in [3.63, 3.8) is 0 Å². The van der Waals surface area contributed by atoms with Crippen LogP contribution in [0.15, 0.2) is 18.2 Å². The van der Waals surface area contributed by atoms with Gasteiger partial charge in [-0.1, -0.05) is 71.7 Å². The van der Waals surface area contributed by atoms with E-state index in [1.165, 1.54) is 50.1 Å². The van der Waals surface area contributed by atoms with Gasteiger partial charge >= 0.3 is 5.97 Å². The molecule has 4 nitrogen and oxygen atoms in total. The summed E-state index contributed by atoms with van der Waals surface area (Å²) in [4.78, 5) is 12.1. The summed E-state index contributed by atoms with van der Waals surface area (Å²) in [6, 6.07) is 7.99. The number of benzene rings is 1. The average molecular weight is 477 g/mol. The summed E-state index contributed by atoms with van der Waals surface area (Å²) in [5.74, 6) is 1.11. The lowest BCUT2D eigenvalue weighted by molar-refractivity contribution is -0.148. The Morgan fingerprint density at radius 1 is 1.09 bits per heavy atom. The molecule has 2 rings (SSSR count). The molecule has 0 bridgehead atoms. The Morgan fingerprint density at radius 2 is 1.82 bits per heavy atom. The molecule has 1 aliphatic rings. The molecule has 1 aliphatic carbocycles. The quantitative estimate of drug-likeness (QED) is 0.172. The molecule has 0 atom stereocenters. The van der Waals surface area contributed by atoms with Crippen molar-refractivity contribution in [1.82, 2.24) is 0 Å². The highest BCUT2D eigenvalue weighted by Crippen LogP contribution is 2.45. The minimum Gasteiger partial charge on any atom is -0.493 e. The van der Waals surface area contributed by atoms with Gasteiger partial charge in [-0.15, -0.1) is 0 Å². The van der Waals surface area contributed by atoms with Crippen LogP contribution in [0.5, 0.6) is 5.75 Å². The summed E-state index contributed by atoms with van der Waals surface area (Å²) >= 11 is 0. The van der Waals surface area contributed by atoms with Crippen LogP contribution in [0.2, 0.25) is 24.7 Å². The van der Waals surface area contributed by atoms with E-state index in [1.54, 1.807) is 0 Å². The van der Waals surface area contributed by atoms with Crippen LogP contribution < -0.4 is 4.74 Å². The van der Waals surface area contributed by atoms with Crippen molar-refractivity contribution in [3.05, 3.63) is 29.3 Å². The Kier molecular flexibility index (Phi) is 12.0. The molecule has 0 aliphatic heterocycles. The summed E-state index contributed by atoms with van der Waals surface area (Å²) in [7, 11) is -1.13. The minimum absolute atomic E-state index is 0.133. The first-order valence-electron chi connectivity index (χ1n) is 13.3. The monoisotopic (exact) mass is 476 g/mol. The fourth-order valence-electron chi connectivity index (χ4n) is 5.04. The topological polar surface area (TPSA) is 55.8 Å². The SMILES string of the molecule is CCCC[Si](C)(C)C1CCC(c2ccc(OCCCCCO)c(COC(=O)C(C)C)c2)CC1. The van der Waals surface area contributed by atoms with Crippen LogP contribution in [0, 0.1) is 5.92 Å². The molecule has 0 saturated heterocycles. The van der Waals surface area contributed by atoms with Gasteiger partial charge in [-0.05, 0) is 61.3 Å². The zero-order chi connectivity index (χ0) is 24.3. The molecule has 0 amide bonds. The van der Waals surface area contributed by atoms with E-state index in [9.17, 15) is 4.79 Å². The third-order valence-electron chi connectivity index (χ3n) is 7.46. The molecule has 1 fully saturated rings. The number of unbranched alkanes of at least 4 members (excludes halogenated alkanes) is 3.